The number of hydrogen-bond donors (Lipinski definition) is 2. The Balaban J connectivity index is 1.55. The molecule has 0 saturated heterocycles. The quantitative estimate of drug-likeness (QED) is 0.695. The number of nitrogens with one attached hydrogen (secondary N) is 1. The molecule has 0 unspecified atom stereocenters. The molecule has 142 valence electrons. The summed E-state index contributed by atoms with van der Waals surface area (Å²) in [4.78, 5) is 13.6. The number of aliphatic hydroxyl groups excluding tert-OH is 1. The maximum atomic E-state index is 9.36. The summed E-state index contributed by atoms with van der Waals surface area (Å²) in [6.45, 7) is 1.95. The van der Waals surface area contributed by atoms with E-state index in [2.05, 4.69) is 15.3 Å². The van der Waals surface area contributed by atoms with Crippen LogP contribution in [0.25, 0.3) is 17.0 Å². The number of hydrogen-bond acceptors (Lipinski definition) is 6. The number of aromatic nitrogens is 4. The Morgan fingerprint density at radius 2 is 2.11 bits per heavy atom. The van der Waals surface area contributed by atoms with Crippen molar-refractivity contribution in [3.63, 3.8) is 0 Å². The van der Waals surface area contributed by atoms with Crippen molar-refractivity contribution in [3.05, 3.63) is 36.9 Å². The molecular formula is C20H25N5O2. The summed E-state index contributed by atoms with van der Waals surface area (Å²) in [7, 11) is 0. The van der Waals surface area contributed by atoms with Crippen molar-refractivity contribution in [1.29, 1.82) is 0 Å². The van der Waals surface area contributed by atoms with Crippen LogP contribution in [0, 0.1) is 0 Å². The predicted molar refractivity (Wildman–Crippen MR) is 104 cm³/mol. The highest BCUT2D eigenvalue weighted by Crippen LogP contribution is 2.24. The Bertz CT molecular complexity index is 902. The van der Waals surface area contributed by atoms with E-state index in [1.165, 1.54) is 32.1 Å². The second-order valence-corrected chi connectivity index (χ2v) is 7.16. The van der Waals surface area contributed by atoms with E-state index in [9.17, 15) is 5.11 Å². The van der Waals surface area contributed by atoms with Crippen LogP contribution in [0.15, 0.2) is 36.9 Å². The summed E-state index contributed by atoms with van der Waals surface area (Å²) in [6, 6.07) is 4.20. The van der Waals surface area contributed by atoms with Crippen molar-refractivity contribution in [2.24, 2.45) is 0 Å². The van der Waals surface area contributed by atoms with Gasteiger partial charge < -0.3 is 15.2 Å². The van der Waals surface area contributed by atoms with Crippen LogP contribution in [0.4, 0.5) is 5.82 Å². The Morgan fingerprint density at radius 3 is 2.93 bits per heavy atom. The third kappa shape index (κ3) is 4.19. The lowest BCUT2D eigenvalue weighted by Gasteiger charge is -2.23. The molecule has 2 N–H and O–H groups in total. The van der Waals surface area contributed by atoms with E-state index >= 15 is 0 Å². The first kappa shape index (κ1) is 17.7. The van der Waals surface area contributed by atoms with E-state index in [1.807, 2.05) is 22.7 Å². The van der Waals surface area contributed by atoms with Crippen LogP contribution < -0.4 is 10.1 Å². The Morgan fingerprint density at radius 1 is 1.26 bits per heavy atom. The molecule has 3 aromatic heterocycles. The van der Waals surface area contributed by atoms with Crippen molar-refractivity contribution < 1.29 is 9.84 Å². The lowest BCUT2D eigenvalue weighted by atomic mass is 9.95. The molecule has 0 radical (unpaired) electrons. The van der Waals surface area contributed by atoms with E-state index in [0.29, 0.717) is 11.8 Å². The van der Waals surface area contributed by atoms with Gasteiger partial charge in [0.15, 0.2) is 0 Å². The number of rotatable bonds is 6. The maximum Gasteiger partial charge on any atom is 0.145 e. The summed E-state index contributed by atoms with van der Waals surface area (Å²) in [5, 5.41) is 12.9. The second-order valence-electron chi connectivity index (χ2n) is 7.16. The summed E-state index contributed by atoms with van der Waals surface area (Å²) in [5.74, 6) is 1.49. The maximum absolute atomic E-state index is 9.36. The molecule has 0 amide bonds. The molecule has 27 heavy (non-hydrogen) atoms. The number of nitrogens with zero attached hydrogens (tertiary/aromatic N) is 4. The van der Waals surface area contributed by atoms with Gasteiger partial charge in [0.25, 0.3) is 0 Å². The fourth-order valence-corrected chi connectivity index (χ4v) is 3.47. The number of anilines is 1. The van der Waals surface area contributed by atoms with Gasteiger partial charge in [-0.05, 0) is 25.8 Å². The third-order valence-corrected chi connectivity index (χ3v) is 4.83. The van der Waals surface area contributed by atoms with Crippen molar-refractivity contribution in [2.45, 2.75) is 51.2 Å². The minimum absolute atomic E-state index is 0.254. The second kappa shape index (κ2) is 7.92. The van der Waals surface area contributed by atoms with Gasteiger partial charge in [0.05, 0.1) is 30.4 Å². The van der Waals surface area contributed by atoms with Gasteiger partial charge in [0.2, 0.25) is 0 Å². The highest BCUT2D eigenvalue weighted by atomic mass is 16.5. The highest BCUT2D eigenvalue weighted by Gasteiger charge is 2.15. The highest BCUT2D eigenvalue weighted by molar-refractivity contribution is 5.61. The van der Waals surface area contributed by atoms with Gasteiger partial charge in [0.1, 0.15) is 29.5 Å². The Labute approximate surface area is 158 Å². The van der Waals surface area contributed by atoms with Gasteiger partial charge in [-0.1, -0.05) is 19.3 Å². The van der Waals surface area contributed by atoms with E-state index in [1.54, 1.807) is 25.5 Å². The normalized spacial score (nSPS) is 16.4. The molecule has 7 heteroatoms. The van der Waals surface area contributed by atoms with Crippen LogP contribution in [0.3, 0.4) is 0 Å². The summed E-state index contributed by atoms with van der Waals surface area (Å²) >= 11 is 0. The average Bonchev–Trinajstić information content (AvgIpc) is 3.11. The third-order valence-electron chi connectivity index (χ3n) is 4.83. The molecule has 1 atom stereocenters. The molecule has 0 spiro atoms. The topological polar surface area (TPSA) is 84.6 Å². The fraction of sp³-hybridized carbons (Fsp3) is 0.450. The lowest BCUT2D eigenvalue weighted by Crippen LogP contribution is -2.22. The van der Waals surface area contributed by atoms with Gasteiger partial charge in [-0.3, -0.25) is 9.38 Å². The zero-order valence-electron chi connectivity index (χ0n) is 15.5. The van der Waals surface area contributed by atoms with Crippen molar-refractivity contribution in [1.82, 2.24) is 19.4 Å². The SMILES string of the molecule is C[C@H](O)COc1ccn2c(-c3cncc(NC4CCCCC4)n3)cnc2c1. The first-order valence-electron chi connectivity index (χ1n) is 9.56. The Kier molecular flexibility index (Phi) is 5.20. The summed E-state index contributed by atoms with van der Waals surface area (Å²) < 4.78 is 7.51. The minimum Gasteiger partial charge on any atom is -0.491 e. The van der Waals surface area contributed by atoms with E-state index in [-0.39, 0.29) is 6.61 Å². The summed E-state index contributed by atoms with van der Waals surface area (Å²) in [5.41, 5.74) is 2.42. The molecule has 1 fully saturated rings. The van der Waals surface area contributed by atoms with Crippen LogP contribution in [-0.4, -0.2) is 43.2 Å². The molecule has 3 aromatic rings. The summed E-state index contributed by atoms with van der Waals surface area (Å²) in [6.07, 6.45) is 13.0. The van der Waals surface area contributed by atoms with Crippen molar-refractivity contribution in [2.75, 3.05) is 11.9 Å². The van der Waals surface area contributed by atoms with Gasteiger partial charge in [-0.15, -0.1) is 0 Å². The van der Waals surface area contributed by atoms with Crippen molar-refractivity contribution >= 4 is 11.5 Å². The van der Waals surface area contributed by atoms with Crippen LogP contribution in [0.5, 0.6) is 5.75 Å². The van der Waals surface area contributed by atoms with Crippen LogP contribution >= 0.6 is 0 Å². The van der Waals surface area contributed by atoms with E-state index < -0.39 is 6.10 Å². The first-order chi connectivity index (χ1) is 13.2. The predicted octanol–water partition coefficient (Wildman–Crippen LogP) is 3.30. The molecule has 3 heterocycles. The molecule has 1 aliphatic rings. The smallest absolute Gasteiger partial charge is 0.145 e. The molecule has 1 saturated carbocycles. The van der Waals surface area contributed by atoms with Crippen LogP contribution in [0.1, 0.15) is 39.0 Å². The molecule has 0 aromatic carbocycles. The largest absolute Gasteiger partial charge is 0.491 e. The molecule has 4 rings (SSSR count). The molecule has 0 bridgehead atoms. The average molecular weight is 367 g/mol. The number of aliphatic hydroxyl groups is 1. The van der Waals surface area contributed by atoms with Crippen molar-refractivity contribution in [3.8, 4) is 17.1 Å². The zero-order chi connectivity index (χ0) is 18.6. The molecular weight excluding hydrogens is 342 g/mol. The molecule has 7 nitrogen and oxygen atoms in total. The first-order valence-corrected chi connectivity index (χ1v) is 9.56. The standard InChI is InChI=1S/C20H25N5O2/c1-14(26)13-27-16-7-8-25-18(11-22-20(25)9-16)17-10-21-12-19(24-17)23-15-5-3-2-4-6-15/h7-12,14-15,26H,2-6,13H2,1H3,(H,23,24)/t14-/m0/s1. The van der Waals surface area contributed by atoms with Gasteiger partial charge in [0, 0.05) is 18.3 Å². The van der Waals surface area contributed by atoms with E-state index in [0.717, 1.165) is 22.9 Å². The monoisotopic (exact) mass is 367 g/mol. The fourth-order valence-electron chi connectivity index (χ4n) is 3.47. The van der Waals surface area contributed by atoms with Crippen LogP contribution in [0.2, 0.25) is 0 Å². The molecule has 0 aliphatic heterocycles. The van der Waals surface area contributed by atoms with Gasteiger partial charge >= 0.3 is 0 Å². The number of ether oxygens (including phenoxy) is 1. The van der Waals surface area contributed by atoms with Gasteiger partial charge in [-0.25, -0.2) is 9.97 Å². The molecule has 1 aliphatic carbocycles. The van der Waals surface area contributed by atoms with Crippen LogP contribution in [-0.2, 0) is 0 Å². The number of imidazole rings is 1. The zero-order valence-corrected chi connectivity index (χ0v) is 15.5. The minimum atomic E-state index is -0.508. The van der Waals surface area contributed by atoms with E-state index in [4.69, 9.17) is 9.72 Å². The lowest BCUT2D eigenvalue weighted by molar-refractivity contribution is 0.123. The Hall–Kier alpha value is -2.67. The van der Waals surface area contributed by atoms with Gasteiger partial charge in [-0.2, -0.15) is 0 Å². The number of pyridine rings is 1. The number of fused-ring (bicyclic) bond motifs is 1.